The fourth-order valence-electron chi connectivity index (χ4n) is 2.19. The molecule has 1 aromatic heterocycles. The summed E-state index contributed by atoms with van der Waals surface area (Å²) in [7, 11) is 1.89. The average molecular weight is 222 g/mol. The van der Waals surface area contributed by atoms with Crippen molar-refractivity contribution in [1.29, 1.82) is 0 Å². The number of furan rings is 1. The fourth-order valence-corrected chi connectivity index (χ4v) is 2.19. The van der Waals surface area contributed by atoms with E-state index in [1.807, 2.05) is 19.2 Å². The lowest BCUT2D eigenvalue weighted by molar-refractivity contribution is -0.135. The van der Waals surface area contributed by atoms with Crippen molar-refractivity contribution in [2.45, 2.75) is 25.8 Å². The van der Waals surface area contributed by atoms with Crippen LogP contribution in [0.4, 0.5) is 0 Å². The molecule has 1 amide bonds. The van der Waals surface area contributed by atoms with Crippen molar-refractivity contribution in [2.24, 2.45) is 5.41 Å². The van der Waals surface area contributed by atoms with Gasteiger partial charge in [0.05, 0.1) is 18.2 Å². The molecule has 1 aliphatic carbocycles. The van der Waals surface area contributed by atoms with Crippen LogP contribution in [-0.2, 0) is 11.3 Å². The molecule has 1 aromatic rings. The van der Waals surface area contributed by atoms with Crippen molar-refractivity contribution < 1.29 is 9.21 Å². The van der Waals surface area contributed by atoms with E-state index in [1.54, 1.807) is 6.26 Å². The number of amides is 1. The maximum Gasteiger partial charge on any atom is 0.227 e. The summed E-state index contributed by atoms with van der Waals surface area (Å²) in [6, 6.07) is 3.69. The summed E-state index contributed by atoms with van der Waals surface area (Å²) in [6.45, 7) is 1.24. The topological polar surface area (TPSA) is 54.3 Å². The summed E-state index contributed by atoms with van der Waals surface area (Å²) in [5.41, 5.74) is -0.179. The molecular formula is C12H18N2O2. The zero-order valence-electron chi connectivity index (χ0n) is 9.58. The molecule has 0 radical (unpaired) electrons. The third-order valence-corrected chi connectivity index (χ3v) is 3.31. The molecule has 4 heteroatoms. The highest BCUT2D eigenvalue weighted by Crippen LogP contribution is 2.40. The molecule has 4 nitrogen and oxygen atoms in total. The monoisotopic (exact) mass is 222 g/mol. The lowest BCUT2D eigenvalue weighted by Gasteiger charge is -2.40. The van der Waals surface area contributed by atoms with E-state index in [2.05, 4.69) is 10.6 Å². The Hall–Kier alpha value is -1.29. The van der Waals surface area contributed by atoms with Crippen molar-refractivity contribution in [2.75, 3.05) is 13.6 Å². The molecule has 1 fully saturated rings. The van der Waals surface area contributed by atoms with E-state index in [9.17, 15) is 4.79 Å². The largest absolute Gasteiger partial charge is 0.467 e. The minimum Gasteiger partial charge on any atom is -0.467 e. The first kappa shape index (κ1) is 11.2. The Balaban J connectivity index is 1.87. The van der Waals surface area contributed by atoms with E-state index in [0.29, 0.717) is 6.54 Å². The molecule has 0 bridgehead atoms. The van der Waals surface area contributed by atoms with Gasteiger partial charge in [-0.25, -0.2) is 0 Å². The van der Waals surface area contributed by atoms with Crippen LogP contribution in [0.1, 0.15) is 25.0 Å². The molecule has 1 saturated carbocycles. The van der Waals surface area contributed by atoms with Crippen molar-refractivity contribution in [3.05, 3.63) is 24.2 Å². The first-order valence-electron chi connectivity index (χ1n) is 5.72. The van der Waals surface area contributed by atoms with Crippen LogP contribution in [0.3, 0.4) is 0 Å². The van der Waals surface area contributed by atoms with Crippen LogP contribution in [0.5, 0.6) is 0 Å². The summed E-state index contributed by atoms with van der Waals surface area (Å²) in [4.78, 5) is 12.0. The van der Waals surface area contributed by atoms with Gasteiger partial charge >= 0.3 is 0 Å². The highest BCUT2D eigenvalue weighted by molar-refractivity contribution is 5.83. The predicted octanol–water partition coefficient (Wildman–Crippen LogP) is 1.29. The Morgan fingerprint density at radius 3 is 2.88 bits per heavy atom. The van der Waals surface area contributed by atoms with Gasteiger partial charge in [-0.05, 0) is 32.0 Å². The minimum absolute atomic E-state index is 0.143. The van der Waals surface area contributed by atoms with E-state index in [1.165, 1.54) is 0 Å². The highest BCUT2D eigenvalue weighted by atomic mass is 16.3. The normalized spacial score (nSPS) is 17.8. The zero-order valence-corrected chi connectivity index (χ0v) is 9.58. The van der Waals surface area contributed by atoms with E-state index < -0.39 is 0 Å². The maximum atomic E-state index is 12.0. The molecule has 1 aliphatic rings. The quantitative estimate of drug-likeness (QED) is 0.789. The third kappa shape index (κ3) is 2.11. The van der Waals surface area contributed by atoms with Crippen LogP contribution in [0, 0.1) is 5.41 Å². The van der Waals surface area contributed by atoms with Crippen molar-refractivity contribution in [3.8, 4) is 0 Å². The first-order chi connectivity index (χ1) is 7.77. The van der Waals surface area contributed by atoms with Gasteiger partial charge < -0.3 is 15.1 Å². The smallest absolute Gasteiger partial charge is 0.227 e. The lowest BCUT2D eigenvalue weighted by Crippen LogP contribution is -2.50. The van der Waals surface area contributed by atoms with Crippen molar-refractivity contribution >= 4 is 5.91 Å². The molecule has 0 unspecified atom stereocenters. The van der Waals surface area contributed by atoms with Gasteiger partial charge in [0, 0.05) is 6.54 Å². The van der Waals surface area contributed by atoms with Crippen LogP contribution in [0.25, 0.3) is 0 Å². The molecule has 0 atom stereocenters. The summed E-state index contributed by atoms with van der Waals surface area (Å²) < 4.78 is 5.18. The van der Waals surface area contributed by atoms with Gasteiger partial charge in [-0.15, -0.1) is 0 Å². The molecule has 0 spiro atoms. The molecule has 0 aliphatic heterocycles. The zero-order chi connectivity index (χ0) is 11.4. The Bertz CT molecular complexity index is 342. The SMILES string of the molecule is CNCC1(C(=O)NCc2ccco2)CCC1. The van der Waals surface area contributed by atoms with Crippen molar-refractivity contribution in [1.82, 2.24) is 10.6 Å². The molecule has 1 heterocycles. The standard InChI is InChI=1S/C12H18N2O2/c1-13-9-12(5-3-6-12)11(15)14-8-10-4-2-7-16-10/h2,4,7,13H,3,5-6,8-9H2,1H3,(H,14,15). The van der Waals surface area contributed by atoms with Crippen LogP contribution in [0.15, 0.2) is 22.8 Å². The molecule has 0 aromatic carbocycles. The number of carbonyl (C=O) groups is 1. The maximum absolute atomic E-state index is 12.0. The van der Waals surface area contributed by atoms with Crippen LogP contribution < -0.4 is 10.6 Å². The summed E-state index contributed by atoms with van der Waals surface area (Å²) in [5, 5.41) is 6.04. The van der Waals surface area contributed by atoms with E-state index >= 15 is 0 Å². The molecule has 2 rings (SSSR count). The molecule has 0 saturated heterocycles. The van der Waals surface area contributed by atoms with Crippen molar-refractivity contribution in [3.63, 3.8) is 0 Å². The number of nitrogens with one attached hydrogen (secondary N) is 2. The number of rotatable bonds is 5. The molecule has 2 N–H and O–H groups in total. The second kappa shape index (κ2) is 4.70. The van der Waals surface area contributed by atoms with Crippen LogP contribution in [0.2, 0.25) is 0 Å². The Kier molecular flexibility index (Phi) is 3.29. The molecular weight excluding hydrogens is 204 g/mol. The lowest BCUT2D eigenvalue weighted by atomic mass is 9.68. The highest BCUT2D eigenvalue weighted by Gasteiger charge is 2.43. The van der Waals surface area contributed by atoms with Gasteiger partial charge in [0.15, 0.2) is 0 Å². The summed E-state index contributed by atoms with van der Waals surface area (Å²) in [6.07, 6.45) is 4.74. The second-order valence-electron chi connectivity index (χ2n) is 4.43. The van der Waals surface area contributed by atoms with E-state index in [4.69, 9.17) is 4.42 Å². The van der Waals surface area contributed by atoms with Gasteiger partial charge in [-0.1, -0.05) is 6.42 Å². The second-order valence-corrected chi connectivity index (χ2v) is 4.43. The van der Waals surface area contributed by atoms with Crippen LogP contribution >= 0.6 is 0 Å². The Morgan fingerprint density at radius 1 is 1.56 bits per heavy atom. The third-order valence-electron chi connectivity index (χ3n) is 3.31. The average Bonchev–Trinajstić information content (AvgIpc) is 2.72. The van der Waals surface area contributed by atoms with Gasteiger partial charge in [-0.2, -0.15) is 0 Å². The summed E-state index contributed by atoms with van der Waals surface area (Å²) >= 11 is 0. The van der Waals surface area contributed by atoms with E-state index in [-0.39, 0.29) is 11.3 Å². The Labute approximate surface area is 95.4 Å². The minimum atomic E-state index is -0.179. The van der Waals surface area contributed by atoms with Gasteiger partial charge in [0.1, 0.15) is 5.76 Å². The molecule has 88 valence electrons. The molecule has 16 heavy (non-hydrogen) atoms. The summed E-state index contributed by atoms with van der Waals surface area (Å²) in [5.74, 6) is 0.941. The van der Waals surface area contributed by atoms with E-state index in [0.717, 1.165) is 31.6 Å². The Morgan fingerprint density at radius 2 is 2.38 bits per heavy atom. The fraction of sp³-hybridized carbons (Fsp3) is 0.583. The van der Waals surface area contributed by atoms with Gasteiger partial charge in [-0.3, -0.25) is 4.79 Å². The van der Waals surface area contributed by atoms with Crippen LogP contribution in [-0.4, -0.2) is 19.5 Å². The number of carbonyl (C=O) groups excluding carboxylic acids is 1. The first-order valence-corrected chi connectivity index (χ1v) is 5.72. The number of hydrogen-bond donors (Lipinski definition) is 2. The number of hydrogen-bond acceptors (Lipinski definition) is 3. The van der Waals surface area contributed by atoms with Gasteiger partial charge in [0.2, 0.25) is 5.91 Å². The van der Waals surface area contributed by atoms with Gasteiger partial charge in [0.25, 0.3) is 0 Å². The predicted molar refractivity (Wildman–Crippen MR) is 60.8 cm³/mol.